The third-order valence-electron chi connectivity index (χ3n) is 3.32. The van der Waals surface area contributed by atoms with Gasteiger partial charge in [0.05, 0.1) is 6.54 Å². The average molecular weight is 352 g/mol. The standard InChI is InChI=1S/C17H29N5OS/c1-6-18-16(20-12-17(3,4)24-5)19-11-10-15(23)22-14-9-7-8-13(2)21-14/h7-9H,6,10-12H2,1-5H3,(H2,18,19,20)(H,21,22,23). The normalized spacial score (nSPS) is 12.0. The van der Waals surface area contributed by atoms with E-state index >= 15 is 0 Å². The van der Waals surface area contributed by atoms with Gasteiger partial charge in [-0.15, -0.1) is 0 Å². The van der Waals surface area contributed by atoms with Crippen molar-refractivity contribution in [2.75, 3.05) is 31.2 Å². The zero-order chi connectivity index (χ0) is 18.0. The summed E-state index contributed by atoms with van der Waals surface area (Å²) < 4.78 is 0.0938. The lowest BCUT2D eigenvalue weighted by atomic mass is 10.2. The van der Waals surface area contributed by atoms with E-state index in [9.17, 15) is 4.79 Å². The van der Waals surface area contributed by atoms with Gasteiger partial charge in [-0.2, -0.15) is 11.8 Å². The molecule has 0 bridgehead atoms. The van der Waals surface area contributed by atoms with Gasteiger partial charge in [0.2, 0.25) is 5.91 Å². The molecule has 0 unspecified atom stereocenters. The Morgan fingerprint density at radius 1 is 1.33 bits per heavy atom. The predicted molar refractivity (Wildman–Crippen MR) is 104 cm³/mol. The highest BCUT2D eigenvalue weighted by Crippen LogP contribution is 2.20. The lowest BCUT2D eigenvalue weighted by Gasteiger charge is -2.20. The molecule has 0 spiro atoms. The molecule has 0 radical (unpaired) electrons. The van der Waals surface area contributed by atoms with Crippen LogP contribution in [0, 0.1) is 6.92 Å². The summed E-state index contributed by atoms with van der Waals surface area (Å²) >= 11 is 1.78. The minimum absolute atomic E-state index is 0.0686. The molecule has 0 fully saturated rings. The van der Waals surface area contributed by atoms with Gasteiger partial charge in [-0.3, -0.25) is 9.79 Å². The number of aryl methyl sites for hydroxylation is 1. The highest BCUT2D eigenvalue weighted by Gasteiger charge is 2.15. The third kappa shape index (κ3) is 8.19. The van der Waals surface area contributed by atoms with Gasteiger partial charge in [-0.25, -0.2) is 4.98 Å². The number of rotatable bonds is 8. The lowest BCUT2D eigenvalue weighted by molar-refractivity contribution is -0.116. The fraction of sp³-hybridized carbons (Fsp3) is 0.588. The first-order chi connectivity index (χ1) is 11.4. The number of carbonyl (C=O) groups is 1. The summed E-state index contributed by atoms with van der Waals surface area (Å²) in [5.74, 6) is 1.25. The molecule has 134 valence electrons. The molecule has 0 aliphatic heterocycles. The highest BCUT2D eigenvalue weighted by molar-refractivity contribution is 7.99. The first-order valence-electron chi connectivity index (χ1n) is 8.17. The Hall–Kier alpha value is -1.76. The number of pyridine rings is 1. The summed E-state index contributed by atoms with van der Waals surface area (Å²) in [6.07, 6.45) is 2.44. The van der Waals surface area contributed by atoms with Gasteiger partial charge in [-0.1, -0.05) is 6.07 Å². The Labute approximate surface area is 149 Å². The molecule has 1 heterocycles. The van der Waals surface area contributed by atoms with Gasteiger partial charge in [0.15, 0.2) is 5.96 Å². The third-order valence-corrected chi connectivity index (χ3v) is 4.55. The number of guanidine groups is 1. The van der Waals surface area contributed by atoms with Gasteiger partial charge < -0.3 is 16.0 Å². The maximum atomic E-state index is 12.0. The Balaban J connectivity index is 2.44. The molecule has 0 aliphatic carbocycles. The smallest absolute Gasteiger partial charge is 0.227 e. The van der Waals surface area contributed by atoms with Crippen molar-refractivity contribution in [1.29, 1.82) is 0 Å². The van der Waals surface area contributed by atoms with Crippen LogP contribution >= 0.6 is 11.8 Å². The van der Waals surface area contributed by atoms with Crippen LogP contribution in [-0.2, 0) is 4.79 Å². The van der Waals surface area contributed by atoms with E-state index in [1.165, 1.54) is 0 Å². The van der Waals surface area contributed by atoms with E-state index in [0.29, 0.717) is 25.3 Å². The molecule has 0 aliphatic rings. The van der Waals surface area contributed by atoms with Gasteiger partial charge in [0.1, 0.15) is 5.82 Å². The van der Waals surface area contributed by atoms with Crippen molar-refractivity contribution in [3.05, 3.63) is 23.9 Å². The minimum Gasteiger partial charge on any atom is -0.357 e. The number of aromatic nitrogens is 1. The van der Waals surface area contributed by atoms with Crippen molar-refractivity contribution in [3.63, 3.8) is 0 Å². The Bertz CT molecular complexity index is 560. The molecule has 1 aromatic heterocycles. The van der Waals surface area contributed by atoms with E-state index < -0.39 is 0 Å². The van der Waals surface area contributed by atoms with Crippen LogP contribution in [0.15, 0.2) is 23.2 Å². The largest absolute Gasteiger partial charge is 0.357 e. The number of thioether (sulfide) groups is 1. The van der Waals surface area contributed by atoms with Crippen LogP contribution < -0.4 is 16.0 Å². The molecule has 1 aromatic rings. The highest BCUT2D eigenvalue weighted by atomic mass is 32.2. The van der Waals surface area contributed by atoms with Crippen molar-refractivity contribution in [2.45, 2.75) is 38.9 Å². The fourth-order valence-corrected chi connectivity index (χ4v) is 1.98. The van der Waals surface area contributed by atoms with Crippen molar-refractivity contribution in [2.24, 2.45) is 4.99 Å². The summed E-state index contributed by atoms with van der Waals surface area (Å²) in [4.78, 5) is 20.8. The van der Waals surface area contributed by atoms with Crippen molar-refractivity contribution in [1.82, 2.24) is 15.6 Å². The van der Waals surface area contributed by atoms with Crippen LogP contribution in [0.2, 0.25) is 0 Å². The van der Waals surface area contributed by atoms with Crippen LogP contribution in [-0.4, -0.2) is 47.5 Å². The van der Waals surface area contributed by atoms with Crippen molar-refractivity contribution >= 4 is 29.4 Å². The number of anilines is 1. The van der Waals surface area contributed by atoms with Crippen molar-refractivity contribution < 1.29 is 4.79 Å². The van der Waals surface area contributed by atoms with Gasteiger partial charge in [0, 0.05) is 30.0 Å². The summed E-state index contributed by atoms with van der Waals surface area (Å²) in [5, 5.41) is 9.19. The molecule has 6 nitrogen and oxygen atoms in total. The maximum absolute atomic E-state index is 12.0. The van der Waals surface area contributed by atoms with E-state index in [1.54, 1.807) is 17.8 Å². The number of carbonyl (C=O) groups excluding carboxylic acids is 1. The number of aliphatic imine (C=N–C) groups is 1. The first-order valence-corrected chi connectivity index (χ1v) is 9.39. The van der Waals surface area contributed by atoms with E-state index in [1.807, 2.05) is 26.0 Å². The number of nitrogens with one attached hydrogen (secondary N) is 3. The fourth-order valence-electron chi connectivity index (χ4n) is 1.79. The number of amides is 1. The van der Waals surface area contributed by atoms with Crippen LogP contribution in [0.25, 0.3) is 0 Å². The monoisotopic (exact) mass is 351 g/mol. The van der Waals surface area contributed by atoms with Crippen LogP contribution in [0.4, 0.5) is 5.82 Å². The molecule has 7 heteroatoms. The zero-order valence-electron chi connectivity index (χ0n) is 15.3. The maximum Gasteiger partial charge on any atom is 0.227 e. The molecule has 1 amide bonds. The van der Waals surface area contributed by atoms with E-state index in [-0.39, 0.29) is 10.7 Å². The molecule has 3 N–H and O–H groups in total. The molecule has 0 saturated heterocycles. The Morgan fingerprint density at radius 2 is 2.08 bits per heavy atom. The molecule has 0 saturated carbocycles. The summed E-state index contributed by atoms with van der Waals surface area (Å²) in [6.45, 7) is 10.2. The topological polar surface area (TPSA) is 78.4 Å². The van der Waals surface area contributed by atoms with E-state index in [0.717, 1.165) is 18.2 Å². The Morgan fingerprint density at radius 3 is 2.71 bits per heavy atom. The second-order valence-corrected chi connectivity index (χ2v) is 7.56. The quantitative estimate of drug-likeness (QED) is 0.495. The number of hydrogen-bond acceptors (Lipinski definition) is 4. The molecule has 0 atom stereocenters. The summed E-state index contributed by atoms with van der Waals surface area (Å²) in [7, 11) is 0. The zero-order valence-corrected chi connectivity index (χ0v) is 16.1. The minimum atomic E-state index is -0.0686. The summed E-state index contributed by atoms with van der Waals surface area (Å²) in [6, 6.07) is 5.56. The number of nitrogens with zero attached hydrogens (tertiary/aromatic N) is 2. The van der Waals surface area contributed by atoms with Gasteiger partial charge >= 0.3 is 0 Å². The molecule has 24 heavy (non-hydrogen) atoms. The van der Waals surface area contributed by atoms with E-state index in [4.69, 9.17) is 0 Å². The Kier molecular flexibility index (Phi) is 8.60. The van der Waals surface area contributed by atoms with Crippen LogP contribution in [0.3, 0.4) is 0 Å². The average Bonchev–Trinajstić information content (AvgIpc) is 2.52. The van der Waals surface area contributed by atoms with Crippen molar-refractivity contribution in [3.8, 4) is 0 Å². The van der Waals surface area contributed by atoms with Crippen LogP contribution in [0.5, 0.6) is 0 Å². The predicted octanol–water partition coefficient (Wildman–Crippen LogP) is 2.42. The second-order valence-electron chi connectivity index (χ2n) is 6.05. The molecule has 1 rings (SSSR count). The van der Waals surface area contributed by atoms with Gasteiger partial charge in [-0.05, 0) is 46.1 Å². The SMILES string of the molecule is CCNC(=NCC(C)(C)SC)NCCC(=O)Nc1cccc(C)n1. The molecular formula is C17H29N5OS. The molecular weight excluding hydrogens is 322 g/mol. The second kappa shape index (κ2) is 10.2. The lowest BCUT2D eigenvalue weighted by Crippen LogP contribution is -2.39. The molecule has 0 aromatic carbocycles. The van der Waals surface area contributed by atoms with Crippen LogP contribution in [0.1, 0.15) is 32.9 Å². The summed E-state index contributed by atoms with van der Waals surface area (Å²) in [5.41, 5.74) is 0.879. The first kappa shape index (κ1) is 20.3. The van der Waals surface area contributed by atoms with E-state index in [2.05, 4.69) is 46.0 Å². The van der Waals surface area contributed by atoms with Gasteiger partial charge in [0.25, 0.3) is 0 Å². The number of hydrogen-bond donors (Lipinski definition) is 3.